The molecule has 1 saturated carbocycles. The van der Waals surface area contributed by atoms with Crippen LogP contribution in [0.15, 0.2) is 30.3 Å². The first-order chi connectivity index (χ1) is 19.2. The lowest BCUT2D eigenvalue weighted by atomic mass is 9.95. The van der Waals surface area contributed by atoms with Crippen molar-refractivity contribution in [2.45, 2.75) is 62.6 Å². The molecule has 1 aromatic carbocycles. The fourth-order valence-corrected chi connectivity index (χ4v) is 4.69. The highest BCUT2D eigenvalue weighted by Crippen LogP contribution is 2.36. The van der Waals surface area contributed by atoms with E-state index in [1.165, 1.54) is 0 Å². The third kappa shape index (κ3) is 7.99. The first kappa shape index (κ1) is 30.3. The summed E-state index contributed by atoms with van der Waals surface area (Å²) in [7, 11) is 0. The molecule has 41 heavy (non-hydrogen) atoms. The van der Waals surface area contributed by atoms with Crippen molar-refractivity contribution < 1.29 is 50.3 Å². The quantitative estimate of drug-likeness (QED) is 0.283. The smallest absolute Gasteiger partial charge is 0.356 e. The Labute approximate surface area is 229 Å². The van der Waals surface area contributed by atoms with Crippen molar-refractivity contribution in [3.8, 4) is 0 Å². The summed E-state index contributed by atoms with van der Waals surface area (Å²) in [6.07, 6.45) is -14.2. The number of aromatic nitrogens is 1. The normalized spacial score (nSPS) is 19.2. The maximum atomic E-state index is 13.3. The van der Waals surface area contributed by atoms with Crippen molar-refractivity contribution >= 4 is 34.4 Å². The molecule has 3 amide bonds. The standard InChI is InChI=1S/C26H28F6N4O5/c27-25(28,29)24(26(30,31)32)41-12-20(37)17(11-15-7-8-33-21(15)38)35-22(39)18(9-13-5-6-13)36-23(40)19-10-14-3-1-2-4-16(14)34-19/h1-4,10,13,15,17-18,24,34H,5-9,11-12H2,(H,33,38)(H,35,39)(H,36,40)/t15-,17-,18-/m0/s1. The van der Waals surface area contributed by atoms with E-state index < -0.39 is 66.6 Å². The van der Waals surface area contributed by atoms with Crippen LogP contribution in [0, 0.1) is 11.8 Å². The lowest BCUT2D eigenvalue weighted by Gasteiger charge is -2.26. The number of carbonyl (C=O) groups is 4. The van der Waals surface area contributed by atoms with Crippen molar-refractivity contribution in [1.29, 1.82) is 0 Å². The Morgan fingerprint density at radius 3 is 2.22 bits per heavy atom. The number of hydrogen-bond donors (Lipinski definition) is 4. The molecule has 0 spiro atoms. The Hall–Kier alpha value is -3.62. The van der Waals surface area contributed by atoms with Gasteiger partial charge in [-0.15, -0.1) is 0 Å². The number of H-pyrrole nitrogens is 1. The van der Waals surface area contributed by atoms with Gasteiger partial charge in [-0.05, 0) is 37.3 Å². The molecule has 2 aromatic rings. The lowest BCUT2D eigenvalue weighted by molar-refractivity contribution is -0.319. The second-order valence-corrected chi connectivity index (χ2v) is 10.3. The van der Waals surface area contributed by atoms with Crippen LogP contribution in [0.3, 0.4) is 0 Å². The number of ketones is 1. The number of Topliss-reactive ketones (excluding diaryl/α,β-unsaturated/α-hetero) is 1. The zero-order chi connectivity index (χ0) is 29.9. The molecule has 0 radical (unpaired) electrons. The van der Waals surface area contributed by atoms with Crippen LogP contribution in [-0.2, 0) is 19.1 Å². The van der Waals surface area contributed by atoms with Gasteiger partial charge in [0.1, 0.15) is 18.3 Å². The Morgan fingerprint density at radius 1 is 0.951 bits per heavy atom. The largest absolute Gasteiger partial charge is 0.423 e. The van der Waals surface area contributed by atoms with Gasteiger partial charge in [0.2, 0.25) is 17.9 Å². The van der Waals surface area contributed by atoms with E-state index in [0.29, 0.717) is 5.52 Å². The van der Waals surface area contributed by atoms with E-state index in [0.717, 1.165) is 18.2 Å². The molecule has 4 rings (SSSR count). The van der Waals surface area contributed by atoms with Gasteiger partial charge < -0.3 is 25.7 Å². The number of benzene rings is 1. The molecule has 0 unspecified atom stereocenters. The minimum atomic E-state index is -5.83. The predicted molar refractivity (Wildman–Crippen MR) is 131 cm³/mol. The number of para-hydroxylation sites is 1. The number of aromatic amines is 1. The summed E-state index contributed by atoms with van der Waals surface area (Å²) in [6, 6.07) is 5.85. The van der Waals surface area contributed by atoms with Crippen molar-refractivity contribution in [2.75, 3.05) is 13.2 Å². The highest BCUT2D eigenvalue weighted by molar-refractivity contribution is 6.01. The summed E-state index contributed by atoms with van der Waals surface area (Å²) in [6.45, 7) is -1.36. The maximum absolute atomic E-state index is 13.3. The van der Waals surface area contributed by atoms with Gasteiger partial charge in [0.25, 0.3) is 5.91 Å². The van der Waals surface area contributed by atoms with Crippen LogP contribution in [0.5, 0.6) is 0 Å². The molecule has 9 nitrogen and oxygen atoms in total. The third-order valence-electron chi connectivity index (χ3n) is 7.04. The predicted octanol–water partition coefficient (Wildman–Crippen LogP) is 3.16. The van der Waals surface area contributed by atoms with Crippen molar-refractivity contribution in [2.24, 2.45) is 11.8 Å². The number of halogens is 6. The molecule has 15 heteroatoms. The summed E-state index contributed by atoms with van der Waals surface area (Å²) < 4.78 is 81.3. The number of rotatable bonds is 12. The second kappa shape index (κ2) is 12.1. The van der Waals surface area contributed by atoms with E-state index in [-0.39, 0.29) is 37.4 Å². The van der Waals surface area contributed by atoms with Gasteiger partial charge in [-0.2, -0.15) is 26.3 Å². The Morgan fingerprint density at radius 2 is 1.63 bits per heavy atom. The van der Waals surface area contributed by atoms with E-state index in [2.05, 4.69) is 25.7 Å². The van der Waals surface area contributed by atoms with Crippen LogP contribution < -0.4 is 16.0 Å². The Balaban J connectivity index is 1.48. The number of amides is 3. The monoisotopic (exact) mass is 590 g/mol. The molecule has 0 bridgehead atoms. The number of ether oxygens (including phenoxy) is 1. The van der Waals surface area contributed by atoms with E-state index in [1.54, 1.807) is 30.3 Å². The molecule has 1 saturated heterocycles. The summed E-state index contributed by atoms with van der Waals surface area (Å²) >= 11 is 0. The minimum absolute atomic E-state index is 0.103. The van der Waals surface area contributed by atoms with Gasteiger partial charge >= 0.3 is 12.4 Å². The third-order valence-corrected chi connectivity index (χ3v) is 7.04. The zero-order valence-electron chi connectivity index (χ0n) is 21.5. The van der Waals surface area contributed by atoms with E-state index in [1.807, 2.05) is 0 Å². The van der Waals surface area contributed by atoms with Crippen LogP contribution in [0.25, 0.3) is 10.9 Å². The fourth-order valence-electron chi connectivity index (χ4n) is 4.69. The number of carbonyl (C=O) groups excluding carboxylic acids is 4. The van der Waals surface area contributed by atoms with Gasteiger partial charge in [-0.1, -0.05) is 31.0 Å². The molecule has 3 atom stereocenters. The molecule has 2 heterocycles. The van der Waals surface area contributed by atoms with Crippen molar-refractivity contribution in [1.82, 2.24) is 20.9 Å². The molecular formula is C26H28F6N4O5. The highest BCUT2D eigenvalue weighted by atomic mass is 19.4. The van der Waals surface area contributed by atoms with Crippen LogP contribution in [0.4, 0.5) is 26.3 Å². The molecule has 2 aliphatic rings. The zero-order valence-corrected chi connectivity index (χ0v) is 21.5. The average Bonchev–Trinajstić information content (AvgIpc) is 3.44. The van der Waals surface area contributed by atoms with Crippen LogP contribution in [0.1, 0.15) is 42.6 Å². The summed E-state index contributed by atoms with van der Waals surface area (Å²) in [4.78, 5) is 54.1. The molecular weight excluding hydrogens is 562 g/mol. The van der Waals surface area contributed by atoms with E-state index in [4.69, 9.17) is 0 Å². The van der Waals surface area contributed by atoms with Crippen molar-refractivity contribution in [3.05, 3.63) is 36.0 Å². The van der Waals surface area contributed by atoms with Gasteiger partial charge in [0, 0.05) is 23.4 Å². The summed E-state index contributed by atoms with van der Waals surface area (Å²) in [5.41, 5.74) is 0.839. The van der Waals surface area contributed by atoms with Gasteiger partial charge in [0.15, 0.2) is 5.78 Å². The Bertz CT molecular complexity index is 1240. The molecule has 1 aliphatic heterocycles. The molecule has 1 aromatic heterocycles. The number of hydrogen-bond acceptors (Lipinski definition) is 5. The maximum Gasteiger partial charge on any atom is 0.423 e. The second-order valence-electron chi connectivity index (χ2n) is 10.3. The highest BCUT2D eigenvalue weighted by Gasteiger charge is 2.58. The van der Waals surface area contributed by atoms with E-state index in [9.17, 15) is 45.5 Å². The summed E-state index contributed by atoms with van der Waals surface area (Å²) in [5.74, 6) is -3.94. The van der Waals surface area contributed by atoms with Crippen LogP contribution in [-0.4, -0.2) is 72.2 Å². The van der Waals surface area contributed by atoms with Gasteiger partial charge in [-0.3, -0.25) is 19.2 Å². The van der Waals surface area contributed by atoms with Gasteiger partial charge in [0.05, 0.1) is 6.04 Å². The van der Waals surface area contributed by atoms with Gasteiger partial charge in [-0.25, -0.2) is 0 Å². The van der Waals surface area contributed by atoms with Crippen LogP contribution in [0.2, 0.25) is 0 Å². The molecule has 1 aliphatic carbocycles. The molecule has 2 fully saturated rings. The summed E-state index contributed by atoms with van der Waals surface area (Å²) in [5, 5.41) is 8.21. The molecule has 4 N–H and O–H groups in total. The topological polar surface area (TPSA) is 129 Å². The fraction of sp³-hybridized carbons (Fsp3) is 0.538. The van der Waals surface area contributed by atoms with Crippen LogP contribution >= 0.6 is 0 Å². The number of alkyl halides is 6. The first-order valence-corrected chi connectivity index (χ1v) is 13.0. The van der Waals surface area contributed by atoms with Crippen molar-refractivity contribution in [3.63, 3.8) is 0 Å². The van der Waals surface area contributed by atoms with E-state index >= 15 is 0 Å². The first-order valence-electron chi connectivity index (χ1n) is 13.0. The number of fused-ring (bicyclic) bond motifs is 1. The SMILES string of the molecule is O=C(N[C@@H](CC1CC1)C(=O)N[C@@H](C[C@@H]1CCNC1=O)C(=O)COC(C(F)(F)F)C(F)(F)F)c1cc2ccccc2[nH]1. The lowest BCUT2D eigenvalue weighted by Crippen LogP contribution is -2.53. The Kier molecular flexibility index (Phi) is 8.94. The molecule has 224 valence electrons. The minimum Gasteiger partial charge on any atom is -0.356 e. The number of nitrogens with one attached hydrogen (secondary N) is 4. The average molecular weight is 591 g/mol.